The molecule has 0 saturated heterocycles. The van der Waals surface area contributed by atoms with Crippen molar-refractivity contribution in [1.29, 1.82) is 0 Å². The van der Waals surface area contributed by atoms with Crippen molar-refractivity contribution >= 4 is 28.3 Å². The Morgan fingerprint density at radius 1 is 1.13 bits per heavy atom. The number of ether oxygens (including phenoxy) is 1. The molecule has 4 aromatic heterocycles. The van der Waals surface area contributed by atoms with Gasteiger partial charge >= 0.3 is 6.61 Å². The summed E-state index contributed by atoms with van der Waals surface area (Å²) < 4.78 is 34.1. The number of halogens is 2. The van der Waals surface area contributed by atoms with E-state index in [2.05, 4.69) is 20.2 Å². The van der Waals surface area contributed by atoms with Crippen LogP contribution < -0.4 is 4.74 Å². The lowest BCUT2D eigenvalue weighted by Crippen LogP contribution is -2.07. The first-order chi connectivity index (χ1) is 15.0. The molecule has 0 radical (unpaired) electrons. The van der Waals surface area contributed by atoms with E-state index in [4.69, 9.17) is 4.74 Å². The predicted octanol–water partition coefficient (Wildman–Crippen LogP) is 4.76. The fourth-order valence-corrected chi connectivity index (χ4v) is 3.91. The second kappa shape index (κ2) is 7.62. The normalized spacial score (nSPS) is 11.6. The van der Waals surface area contributed by atoms with Gasteiger partial charge in [0, 0.05) is 28.9 Å². The van der Waals surface area contributed by atoms with Gasteiger partial charge in [-0.3, -0.25) is 4.98 Å². The minimum absolute atomic E-state index is 0.0493. The van der Waals surface area contributed by atoms with Crippen LogP contribution in [0.3, 0.4) is 0 Å². The molecule has 4 heterocycles. The fourth-order valence-electron chi connectivity index (χ4n) is 3.48. The molecule has 0 amide bonds. The Morgan fingerprint density at radius 2 is 2.00 bits per heavy atom. The number of aryl methyl sites for hydroxylation is 1. The molecule has 0 aliphatic rings. The van der Waals surface area contributed by atoms with Gasteiger partial charge in [-0.25, -0.2) is 14.2 Å². The molecule has 0 aliphatic carbocycles. The first-order valence-corrected chi connectivity index (χ1v) is 10.5. The maximum atomic E-state index is 13.0. The number of thioether (sulfide) groups is 1. The van der Waals surface area contributed by atoms with Gasteiger partial charge in [-0.1, -0.05) is 0 Å². The van der Waals surface area contributed by atoms with Crippen LogP contribution in [0.2, 0.25) is 0 Å². The van der Waals surface area contributed by atoms with Gasteiger partial charge < -0.3 is 4.74 Å². The smallest absolute Gasteiger partial charge is 0.387 e. The van der Waals surface area contributed by atoms with E-state index in [0.29, 0.717) is 17.0 Å². The van der Waals surface area contributed by atoms with Crippen LogP contribution in [-0.2, 0) is 0 Å². The van der Waals surface area contributed by atoms with E-state index in [1.165, 1.54) is 17.8 Å². The SMILES string of the molecule is CSc1ccc(OC(F)F)c(-n2nc(C)c3cnc(-c4cnn5cccnc45)cc32)c1. The quantitative estimate of drug-likeness (QED) is 0.369. The number of rotatable bonds is 5. The van der Waals surface area contributed by atoms with Crippen molar-refractivity contribution < 1.29 is 13.5 Å². The summed E-state index contributed by atoms with van der Waals surface area (Å²) >= 11 is 1.50. The number of aromatic nitrogens is 6. The Morgan fingerprint density at radius 3 is 2.81 bits per heavy atom. The van der Waals surface area contributed by atoms with Crippen LogP contribution in [0.4, 0.5) is 8.78 Å². The Balaban J connectivity index is 1.73. The summed E-state index contributed by atoms with van der Waals surface area (Å²) in [5, 5.41) is 9.72. The molecule has 0 N–H and O–H groups in total. The Kier molecular flexibility index (Phi) is 4.78. The van der Waals surface area contributed by atoms with Crippen molar-refractivity contribution in [2.45, 2.75) is 18.4 Å². The zero-order valence-electron chi connectivity index (χ0n) is 16.5. The minimum atomic E-state index is -2.94. The van der Waals surface area contributed by atoms with Crippen molar-refractivity contribution in [1.82, 2.24) is 29.4 Å². The van der Waals surface area contributed by atoms with Gasteiger partial charge in [-0.05, 0) is 43.5 Å². The lowest BCUT2D eigenvalue weighted by Gasteiger charge is -2.13. The highest BCUT2D eigenvalue weighted by atomic mass is 32.2. The highest BCUT2D eigenvalue weighted by molar-refractivity contribution is 7.98. The maximum Gasteiger partial charge on any atom is 0.387 e. The van der Waals surface area contributed by atoms with Crippen LogP contribution in [0.25, 0.3) is 33.5 Å². The van der Waals surface area contributed by atoms with Gasteiger partial charge in [0.2, 0.25) is 0 Å². The zero-order valence-corrected chi connectivity index (χ0v) is 17.3. The summed E-state index contributed by atoms with van der Waals surface area (Å²) in [5.74, 6) is 0.0493. The van der Waals surface area contributed by atoms with E-state index in [-0.39, 0.29) is 5.75 Å². The summed E-state index contributed by atoms with van der Waals surface area (Å²) in [6.45, 7) is -1.09. The first kappa shape index (κ1) is 19.4. The molecule has 31 heavy (non-hydrogen) atoms. The number of benzene rings is 1. The van der Waals surface area contributed by atoms with Crippen LogP contribution in [-0.4, -0.2) is 42.2 Å². The van der Waals surface area contributed by atoms with Crippen molar-refractivity contribution in [3.63, 3.8) is 0 Å². The Bertz CT molecular complexity index is 1410. The molecule has 156 valence electrons. The van der Waals surface area contributed by atoms with Gasteiger partial charge in [0.05, 0.1) is 28.7 Å². The first-order valence-electron chi connectivity index (χ1n) is 9.32. The van der Waals surface area contributed by atoms with Crippen LogP contribution in [0, 0.1) is 6.92 Å². The Labute approximate surface area is 179 Å². The van der Waals surface area contributed by atoms with Gasteiger partial charge in [-0.2, -0.15) is 19.0 Å². The lowest BCUT2D eigenvalue weighted by molar-refractivity contribution is -0.0499. The van der Waals surface area contributed by atoms with Crippen LogP contribution >= 0.6 is 11.8 Å². The number of hydrogen-bond acceptors (Lipinski definition) is 6. The highest BCUT2D eigenvalue weighted by Gasteiger charge is 2.18. The molecule has 0 unspecified atom stereocenters. The number of nitrogens with zero attached hydrogens (tertiary/aromatic N) is 6. The van der Waals surface area contributed by atoms with E-state index in [1.54, 1.807) is 52.2 Å². The standard InChI is InChI=1S/C21H16F2N6OS/c1-12-14-10-25-16(15-11-26-28-7-3-6-24-20(15)28)9-17(14)29(27-12)18-8-13(31-2)4-5-19(18)30-21(22)23/h3-11,21H,1-2H3. The van der Waals surface area contributed by atoms with Gasteiger partial charge in [0.15, 0.2) is 11.4 Å². The Hall–Kier alpha value is -3.53. The van der Waals surface area contributed by atoms with Crippen LogP contribution in [0.15, 0.2) is 60.0 Å². The number of alkyl halides is 2. The summed E-state index contributed by atoms with van der Waals surface area (Å²) in [7, 11) is 0. The van der Waals surface area contributed by atoms with E-state index in [1.807, 2.05) is 19.2 Å². The molecule has 7 nitrogen and oxygen atoms in total. The van der Waals surface area contributed by atoms with Gasteiger partial charge in [0.25, 0.3) is 0 Å². The predicted molar refractivity (Wildman–Crippen MR) is 114 cm³/mol. The molecule has 5 aromatic rings. The molecule has 0 spiro atoms. The molecular formula is C21H16F2N6OS. The molecule has 10 heteroatoms. The largest absolute Gasteiger partial charge is 0.433 e. The van der Waals surface area contributed by atoms with E-state index >= 15 is 0 Å². The molecule has 0 aliphatic heterocycles. The van der Waals surface area contributed by atoms with Crippen molar-refractivity contribution in [2.75, 3.05) is 6.26 Å². The fraction of sp³-hybridized carbons (Fsp3) is 0.143. The van der Waals surface area contributed by atoms with Crippen molar-refractivity contribution in [3.05, 3.63) is 60.8 Å². The van der Waals surface area contributed by atoms with Crippen molar-refractivity contribution in [2.24, 2.45) is 0 Å². The van der Waals surface area contributed by atoms with Gasteiger partial charge in [0.1, 0.15) is 5.69 Å². The maximum absolute atomic E-state index is 13.0. The van der Waals surface area contributed by atoms with Crippen LogP contribution in [0.5, 0.6) is 5.75 Å². The van der Waals surface area contributed by atoms with E-state index < -0.39 is 6.61 Å². The molecule has 5 rings (SSSR count). The lowest BCUT2D eigenvalue weighted by atomic mass is 10.1. The second-order valence-electron chi connectivity index (χ2n) is 6.74. The average molecular weight is 438 g/mol. The van der Waals surface area contributed by atoms with E-state index in [9.17, 15) is 8.78 Å². The molecule has 0 saturated carbocycles. The third-order valence-electron chi connectivity index (χ3n) is 4.92. The summed E-state index contributed by atoms with van der Waals surface area (Å²) in [4.78, 5) is 9.86. The highest BCUT2D eigenvalue weighted by Crippen LogP contribution is 2.33. The average Bonchev–Trinajstić information content (AvgIpc) is 3.35. The third-order valence-corrected chi connectivity index (χ3v) is 5.64. The second-order valence-corrected chi connectivity index (χ2v) is 7.62. The zero-order chi connectivity index (χ0) is 21.5. The summed E-state index contributed by atoms with van der Waals surface area (Å²) in [5.41, 5.74) is 3.96. The minimum Gasteiger partial charge on any atom is -0.433 e. The monoisotopic (exact) mass is 438 g/mol. The topological polar surface area (TPSA) is 70.1 Å². The van der Waals surface area contributed by atoms with Crippen molar-refractivity contribution in [3.8, 4) is 22.7 Å². The molecule has 0 atom stereocenters. The molecule has 0 fully saturated rings. The molecular weight excluding hydrogens is 422 g/mol. The van der Waals surface area contributed by atoms with Crippen LogP contribution in [0.1, 0.15) is 5.69 Å². The number of pyridine rings is 1. The number of hydrogen-bond donors (Lipinski definition) is 0. The van der Waals surface area contributed by atoms with Gasteiger partial charge in [-0.15, -0.1) is 11.8 Å². The molecule has 1 aromatic carbocycles. The summed E-state index contributed by atoms with van der Waals surface area (Å²) in [6, 6.07) is 8.71. The third kappa shape index (κ3) is 3.38. The summed E-state index contributed by atoms with van der Waals surface area (Å²) in [6.07, 6.45) is 8.83. The number of fused-ring (bicyclic) bond motifs is 2. The molecule has 0 bridgehead atoms. The van der Waals surface area contributed by atoms with E-state index in [0.717, 1.165) is 27.1 Å².